The lowest BCUT2D eigenvalue weighted by atomic mass is 10.2. The lowest BCUT2D eigenvalue weighted by Gasteiger charge is -2.11. The SMILES string of the molecule is C=CCOc1cc(Br)c(CO)cc1OC. The Morgan fingerprint density at radius 2 is 2.20 bits per heavy atom. The van der Waals surface area contributed by atoms with Gasteiger partial charge in [0.2, 0.25) is 0 Å². The molecule has 1 rings (SSSR count). The summed E-state index contributed by atoms with van der Waals surface area (Å²) in [4.78, 5) is 0. The molecule has 0 unspecified atom stereocenters. The quantitative estimate of drug-likeness (QED) is 0.838. The Hall–Kier alpha value is -1.00. The predicted molar refractivity (Wildman–Crippen MR) is 62.3 cm³/mol. The van der Waals surface area contributed by atoms with Crippen LogP contribution in [0.25, 0.3) is 0 Å². The highest BCUT2D eigenvalue weighted by molar-refractivity contribution is 9.10. The van der Waals surface area contributed by atoms with Crippen LogP contribution in [0.4, 0.5) is 0 Å². The van der Waals surface area contributed by atoms with Crippen LogP contribution >= 0.6 is 15.9 Å². The van der Waals surface area contributed by atoms with E-state index in [4.69, 9.17) is 14.6 Å². The molecule has 0 atom stereocenters. The van der Waals surface area contributed by atoms with E-state index >= 15 is 0 Å². The van der Waals surface area contributed by atoms with Crippen molar-refractivity contribution in [2.75, 3.05) is 13.7 Å². The average molecular weight is 273 g/mol. The van der Waals surface area contributed by atoms with Crippen LogP contribution in [-0.2, 0) is 6.61 Å². The average Bonchev–Trinajstić information content (AvgIpc) is 2.26. The molecule has 0 bridgehead atoms. The lowest BCUT2D eigenvalue weighted by Crippen LogP contribution is -1.98. The van der Waals surface area contributed by atoms with Crippen LogP contribution in [0.2, 0.25) is 0 Å². The first kappa shape index (κ1) is 12.1. The maximum absolute atomic E-state index is 9.06. The summed E-state index contributed by atoms with van der Waals surface area (Å²) in [6, 6.07) is 3.51. The first-order valence-corrected chi connectivity index (χ1v) is 5.23. The van der Waals surface area contributed by atoms with E-state index in [2.05, 4.69) is 22.5 Å². The van der Waals surface area contributed by atoms with Crippen LogP contribution in [-0.4, -0.2) is 18.8 Å². The fraction of sp³-hybridized carbons (Fsp3) is 0.273. The normalized spacial score (nSPS) is 9.80. The van der Waals surface area contributed by atoms with Gasteiger partial charge in [0.1, 0.15) is 6.61 Å². The van der Waals surface area contributed by atoms with Gasteiger partial charge in [0.25, 0.3) is 0 Å². The molecule has 0 aliphatic carbocycles. The van der Waals surface area contributed by atoms with Crippen molar-refractivity contribution in [1.82, 2.24) is 0 Å². The summed E-state index contributed by atoms with van der Waals surface area (Å²) >= 11 is 3.34. The minimum absolute atomic E-state index is 0.0430. The molecule has 1 aromatic rings. The molecule has 82 valence electrons. The van der Waals surface area contributed by atoms with Crippen molar-refractivity contribution >= 4 is 15.9 Å². The summed E-state index contributed by atoms with van der Waals surface area (Å²) in [5.41, 5.74) is 0.762. The highest BCUT2D eigenvalue weighted by atomic mass is 79.9. The van der Waals surface area contributed by atoms with Crippen LogP contribution in [0.1, 0.15) is 5.56 Å². The van der Waals surface area contributed by atoms with Crippen LogP contribution in [0.15, 0.2) is 29.3 Å². The minimum atomic E-state index is -0.0430. The molecule has 15 heavy (non-hydrogen) atoms. The predicted octanol–water partition coefficient (Wildman–Crippen LogP) is 2.51. The van der Waals surface area contributed by atoms with Crippen LogP contribution < -0.4 is 9.47 Å². The molecular weight excluding hydrogens is 260 g/mol. The van der Waals surface area contributed by atoms with Crippen LogP contribution in [0, 0.1) is 0 Å². The van der Waals surface area contributed by atoms with Crippen molar-refractivity contribution in [1.29, 1.82) is 0 Å². The first-order valence-electron chi connectivity index (χ1n) is 4.44. The summed E-state index contributed by atoms with van der Waals surface area (Å²) in [6.07, 6.45) is 1.66. The zero-order valence-corrected chi connectivity index (χ0v) is 10.1. The Balaban J connectivity index is 3.03. The van der Waals surface area contributed by atoms with E-state index in [0.717, 1.165) is 10.0 Å². The Bertz CT molecular complexity index is 350. The fourth-order valence-electron chi connectivity index (χ4n) is 1.12. The molecule has 1 aromatic carbocycles. The maximum Gasteiger partial charge on any atom is 0.162 e. The van der Waals surface area contributed by atoms with Gasteiger partial charge >= 0.3 is 0 Å². The number of rotatable bonds is 5. The third-order valence-corrected chi connectivity index (χ3v) is 2.60. The molecule has 0 aliphatic heterocycles. The number of aliphatic hydroxyl groups is 1. The molecule has 0 aromatic heterocycles. The number of halogens is 1. The van der Waals surface area contributed by atoms with Gasteiger partial charge in [-0.15, -0.1) is 0 Å². The van der Waals surface area contributed by atoms with Gasteiger partial charge in [-0.1, -0.05) is 28.6 Å². The first-order chi connectivity index (χ1) is 7.22. The van der Waals surface area contributed by atoms with E-state index in [1.807, 2.05) is 0 Å². The minimum Gasteiger partial charge on any atom is -0.493 e. The fourth-order valence-corrected chi connectivity index (χ4v) is 1.57. The Morgan fingerprint density at radius 1 is 1.47 bits per heavy atom. The van der Waals surface area contributed by atoms with E-state index in [1.165, 1.54) is 0 Å². The molecule has 0 fully saturated rings. The molecule has 3 nitrogen and oxygen atoms in total. The van der Waals surface area contributed by atoms with Gasteiger partial charge in [-0.3, -0.25) is 0 Å². The van der Waals surface area contributed by atoms with E-state index in [1.54, 1.807) is 25.3 Å². The second kappa shape index (κ2) is 5.78. The van der Waals surface area contributed by atoms with Gasteiger partial charge in [0.15, 0.2) is 11.5 Å². The van der Waals surface area contributed by atoms with Gasteiger partial charge in [0, 0.05) is 4.47 Å². The largest absolute Gasteiger partial charge is 0.493 e. The molecule has 0 radical (unpaired) electrons. The zero-order valence-electron chi connectivity index (χ0n) is 8.50. The van der Waals surface area contributed by atoms with Crippen molar-refractivity contribution in [3.05, 3.63) is 34.8 Å². The van der Waals surface area contributed by atoms with Gasteiger partial charge in [0.05, 0.1) is 13.7 Å². The number of hydrogen-bond donors (Lipinski definition) is 1. The summed E-state index contributed by atoms with van der Waals surface area (Å²) in [6.45, 7) is 3.94. The molecule has 0 spiro atoms. The number of benzene rings is 1. The number of methoxy groups -OCH3 is 1. The second-order valence-electron chi connectivity index (χ2n) is 2.85. The summed E-state index contributed by atoms with van der Waals surface area (Å²) in [5, 5.41) is 9.06. The number of aliphatic hydroxyl groups excluding tert-OH is 1. The molecule has 0 saturated carbocycles. The van der Waals surface area contributed by atoms with Crippen molar-refractivity contribution in [2.45, 2.75) is 6.61 Å². The maximum atomic E-state index is 9.06. The van der Waals surface area contributed by atoms with Crippen LogP contribution in [0.3, 0.4) is 0 Å². The van der Waals surface area contributed by atoms with Gasteiger partial charge in [-0.05, 0) is 17.7 Å². The molecule has 0 aliphatic rings. The highest BCUT2D eigenvalue weighted by Crippen LogP contribution is 2.33. The Kier molecular flexibility index (Phi) is 4.65. The Morgan fingerprint density at radius 3 is 2.73 bits per heavy atom. The highest BCUT2D eigenvalue weighted by Gasteiger charge is 2.09. The smallest absolute Gasteiger partial charge is 0.162 e. The summed E-state index contributed by atoms with van der Waals surface area (Å²) in [7, 11) is 1.56. The third-order valence-electron chi connectivity index (χ3n) is 1.86. The summed E-state index contributed by atoms with van der Waals surface area (Å²) < 4.78 is 11.3. The topological polar surface area (TPSA) is 38.7 Å². The van der Waals surface area contributed by atoms with E-state index < -0.39 is 0 Å². The van der Waals surface area contributed by atoms with E-state index in [-0.39, 0.29) is 6.61 Å². The van der Waals surface area contributed by atoms with Crippen molar-refractivity contribution in [3.8, 4) is 11.5 Å². The molecule has 0 heterocycles. The molecule has 4 heteroatoms. The van der Waals surface area contributed by atoms with Gasteiger partial charge in [-0.25, -0.2) is 0 Å². The van der Waals surface area contributed by atoms with Gasteiger partial charge in [-0.2, -0.15) is 0 Å². The third kappa shape index (κ3) is 2.97. The number of ether oxygens (including phenoxy) is 2. The second-order valence-corrected chi connectivity index (χ2v) is 3.71. The Labute approximate surface area is 97.5 Å². The van der Waals surface area contributed by atoms with E-state index in [9.17, 15) is 0 Å². The molecule has 0 amide bonds. The number of hydrogen-bond acceptors (Lipinski definition) is 3. The van der Waals surface area contributed by atoms with E-state index in [0.29, 0.717) is 18.1 Å². The molecule has 0 saturated heterocycles. The van der Waals surface area contributed by atoms with Gasteiger partial charge < -0.3 is 14.6 Å². The van der Waals surface area contributed by atoms with Crippen LogP contribution in [0.5, 0.6) is 11.5 Å². The zero-order chi connectivity index (χ0) is 11.3. The van der Waals surface area contributed by atoms with Crippen molar-refractivity contribution in [3.63, 3.8) is 0 Å². The monoisotopic (exact) mass is 272 g/mol. The summed E-state index contributed by atoms with van der Waals surface area (Å²) in [5.74, 6) is 1.23. The van der Waals surface area contributed by atoms with Crippen molar-refractivity contribution < 1.29 is 14.6 Å². The standard InChI is InChI=1S/C11H13BrO3/c1-3-4-15-11-6-9(12)8(7-13)5-10(11)14-2/h3,5-6,13H,1,4,7H2,2H3. The van der Waals surface area contributed by atoms with Crippen molar-refractivity contribution in [2.24, 2.45) is 0 Å². The lowest BCUT2D eigenvalue weighted by molar-refractivity contribution is 0.278. The molecule has 1 N–H and O–H groups in total. The molecular formula is C11H13BrO3.